The first-order chi connectivity index (χ1) is 13.8. The van der Waals surface area contributed by atoms with Crippen LogP contribution in [0.4, 0.5) is 10.7 Å². The molecule has 0 atom stereocenters. The van der Waals surface area contributed by atoms with Gasteiger partial charge < -0.3 is 15.4 Å². The molecule has 0 spiro atoms. The van der Waals surface area contributed by atoms with E-state index in [0.717, 1.165) is 0 Å². The molecule has 2 amide bonds. The van der Waals surface area contributed by atoms with Crippen LogP contribution in [0.5, 0.6) is 0 Å². The van der Waals surface area contributed by atoms with Crippen LogP contribution in [-0.2, 0) is 16.6 Å². The molecule has 12 heteroatoms. The summed E-state index contributed by atoms with van der Waals surface area (Å²) in [5, 5.41) is 14.4. The highest BCUT2D eigenvalue weighted by Gasteiger charge is 2.16. The molecular weight excluding hydrogens is 441 g/mol. The van der Waals surface area contributed by atoms with Gasteiger partial charge in [0.1, 0.15) is 0 Å². The molecule has 0 fully saturated rings. The molecule has 0 saturated heterocycles. The predicted octanol–water partition coefficient (Wildman–Crippen LogP) is 2.46. The second-order valence-corrected chi connectivity index (χ2v) is 8.61. The molecule has 29 heavy (non-hydrogen) atoms. The lowest BCUT2D eigenvalue weighted by atomic mass is 10.2. The summed E-state index contributed by atoms with van der Waals surface area (Å²) >= 11 is 11.9. The average molecular weight is 458 g/mol. The number of aromatic nitrogens is 2. The van der Waals surface area contributed by atoms with Gasteiger partial charge in [-0.05, 0) is 42.0 Å². The fraction of sp³-hybridized carbons (Fsp3) is 0.176. The Morgan fingerprint density at radius 2 is 1.86 bits per heavy atom. The molecule has 0 aliphatic carbocycles. The van der Waals surface area contributed by atoms with Gasteiger partial charge in [-0.25, -0.2) is 22.9 Å². The number of aromatic amines is 1. The van der Waals surface area contributed by atoms with E-state index in [-0.39, 0.29) is 30.5 Å². The summed E-state index contributed by atoms with van der Waals surface area (Å²) < 4.78 is 27.7. The summed E-state index contributed by atoms with van der Waals surface area (Å²) in [4.78, 5) is 18.6. The van der Waals surface area contributed by atoms with Crippen molar-refractivity contribution in [2.24, 2.45) is 0 Å². The number of urea groups is 1. The van der Waals surface area contributed by atoms with Crippen molar-refractivity contribution in [3.8, 4) is 0 Å². The van der Waals surface area contributed by atoms with Crippen LogP contribution in [0.2, 0.25) is 10.0 Å². The number of carbonyl (C=O) groups is 1. The molecule has 0 aliphatic heterocycles. The van der Waals surface area contributed by atoms with Gasteiger partial charge in [-0.1, -0.05) is 23.2 Å². The summed E-state index contributed by atoms with van der Waals surface area (Å²) in [5.41, 5.74) is 1.52. The number of rotatable bonds is 7. The molecule has 3 rings (SSSR count). The number of amides is 2. The van der Waals surface area contributed by atoms with E-state index >= 15 is 0 Å². The third-order valence-corrected chi connectivity index (χ3v) is 5.62. The summed E-state index contributed by atoms with van der Waals surface area (Å²) in [7, 11) is -3.81. The standard InChI is InChI=1S/C17H17Cl2N5O4S/c18-11-5-10(6-12(19)7-11)9-21-29(27,28)13-1-2-14-15(8-13)23-16(22-14)24-17(26)20-3-4-25/h1-2,5-8,21,25H,3-4,9H2,(H3,20,22,23,24,26). The van der Waals surface area contributed by atoms with Gasteiger partial charge in [0.25, 0.3) is 0 Å². The molecule has 1 heterocycles. The number of halogens is 2. The third-order valence-electron chi connectivity index (χ3n) is 3.78. The Bertz CT molecular complexity index is 1130. The Balaban J connectivity index is 1.75. The number of nitrogens with one attached hydrogen (secondary N) is 4. The number of carbonyl (C=O) groups excluding carboxylic acids is 1. The lowest BCUT2D eigenvalue weighted by Crippen LogP contribution is -2.31. The summed E-state index contributed by atoms with van der Waals surface area (Å²) in [6, 6.07) is 8.59. The average Bonchev–Trinajstić information content (AvgIpc) is 3.05. The SMILES string of the molecule is O=C(NCCO)Nc1nc2ccc(S(=O)(=O)NCc3cc(Cl)cc(Cl)c3)cc2[nH]1. The number of aliphatic hydroxyl groups is 1. The first-order valence-corrected chi connectivity index (χ1v) is 10.6. The molecule has 0 aliphatic rings. The summed E-state index contributed by atoms with van der Waals surface area (Å²) in [6.45, 7) is -0.0808. The number of nitrogens with zero attached hydrogens (tertiary/aromatic N) is 1. The number of imidazole rings is 1. The van der Waals surface area contributed by atoms with E-state index in [9.17, 15) is 13.2 Å². The molecule has 0 bridgehead atoms. The largest absolute Gasteiger partial charge is 0.395 e. The molecule has 0 radical (unpaired) electrons. The number of hydrogen-bond donors (Lipinski definition) is 5. The number of hydrogen-bond acceptors (Lipinski definition) is 5. The van der Waals surface area contributed by atoms with Crippen LogP contribution < -0.4 is 15.4 Å². The van der Waals surface area contributed by atoms with Crippen molar-refractivity contribution in [2.75, 3.05) is 18.5 Å². The fourth-order valence-corrected chi connectivity index (χ4v) is 4.13. The summed E-state index contributed by atoms with van der Waals surface area (Å²) in [6.07, 6.45) is 0. The highest BCUT2D eigenvalue weighted by molar-refractivity contribution is 7.89. The van der Waals surface area contributed by atoms with Crippen molar-refractivity contribution < 1.29 is 18.3 Å². The number of sulfonamides is 1. The first-order valence-electron chi connectivity index (χ1n) is 8.37. The van der Waals surface area contributed by atoms with Crippen molar-refractivity contribution in [1.82, 2.24) is 20.0 Å². The molecule has 154 valence electrons. The van der Waals surface area contributed by atoms with E-state index in [4.69, 9.17) is 28.3 Å². The van der Waals surface area contributed by atoms with Crippen molar-refractivity contribution in [3.05, 3.63) is 52.0 Å². The second kappa shape index (κ2) is 8.97. The maximum atomic E-state index is 12.6. The number of benzene rings is 2. The maximum absolute atomic E-state index is 12.6. The monoisotopic (exact) mass is 457 g/mol. The Hall–Kier alpha value is -2.37. The minimum Gasteiger partial charge on any atom is -0.395 e. The van der Waals surface area contributed by atoms with Crippen LogP contribution in [0, 0.1) is 0 Å². The smallest absolute Gasteiger partial charge is 0.321 e. The molecule has 9 nitrogen and oxygen atoms in total. The zero-order chi connectivity index (χ0) is 21.0. The quantitative estimate of drug-likeness (QED) is 0.371. The molecule has 3 aromatic rings. The molecule has 0 unspecified atom stereocenters. The van der Waals surface area contributed by atoms with Gasteiger partial charge in [0.2, 0.25) is 16.0 Å². The van der Waals surface area contributed by atoms with Crippen molar-refractivity contribution in [3.63, 3.8) is 0 Å². The molecule has 2 aromatic carbocycles. The fourth-order valence-electron chi connectivity index (χ4n) is 2.51. The van der Waals surface area contributed by atoms with E-state index in [2.05, 4.69) is 25.3 Å². The van der Waals surface area contributed by atoms with Crippen LogP contribution in [0.1, 0.15) is 5.56 Å². The summed E-state index contributed by atoms with van der Waals surface area (Å²) in [5.74, 6) is 0.145. The topological polar surface area (TPSA) is 136 Å². The van der Waals surface area contributed by atoms with Gasteiger partial charge in [0, 0.05) is 23.1 Å². The normalized spacial score (nSPS) is 11.6. The third kappa shape index (κ3) is 5.58. The maximum Gasteiger partial charge on any atom is 0.321 e. The van der Waals surface area contributed by atoms with E-state index in [0.29, 0.717) is 26.6 Å². The Morgan fingerprint density at radius 3 is 2.55 bits per heavy atom. The van der Waals surface area contributed by atoms with Gasteiger partial charge in [-0.15, -0.1) is 0 Å². The van der Waals surface area contributed by atoms with Gasteiger partial charge >= 0.3 is 6.03 Å². The molecule has 0 saturated carbocycles. The van der Waals surface area contributed by atoms with E-state index < -0.39 is 16.1 Å². The van der Waals surface area contributed by atoms with E-state index in [1.807, 2.05) is 0 Å². The van der Waals surface area contributed by atoms with Crippen LogP contribution in [0.25, 0.3) is 11.0 Å². The molecule has 5 N–H and O–H groups in total. The number of aliphatic hydroxyl groups excluding tert-OH is 1. The van der Waals surface area contributed by atoms with Crippen LogP contribution in [-0.4, -0.2) is 42.7 Å². The highest BCUT2D eigenvalue weighted by atomic mass is 35.5. The number of anilines is 1. The number of fused-ring (bicyclic) bond motifs is 1. The Labute approximate surface area is 176 Å². The van der Waals surface area contributed by atoms with Crippen molar-refractivity contribution in [2.45, 2.75) is 11.4 Å². The lowest BCUT2D eigenvalue weighted by Gasteiger charge is -2.08. The highest BCUT2D eigenvalue weighted by Crippen LogP contribution is 2.21. The second-order valence-electron chi connectivity index (χ2n) is 5.97. The van der Waals surface area contributed by atoms with Gasteiger partial charge in [0.15, 0.2) is 0 Å². The zero-order valence-corrected chi connectivity index (χ0v) is 17.2. The minimum absolute atomic E-state index is 0.0153. The van der Waals surface area contributed by atoms with Crippen molar-refractivity contribution >= 4 is 56.2 Å². The van der Waals surface area contributed by atoms with E-state index in [1.54, 1.807) is 18.2 Å². The Morgan fingerprint density at radius 1 is 1.14 bits per heavy atom. The number of H-pyrrole nitrogens is 1. The van der Waals surface area contributed by atoms with Crippen LogP contribution >= 0.6 is 23.2 Å². The van der Waals surface area contributed by atoms with E-state index in [1.165, 1.54) is 18.2 Å². The molecule has 1 aromatic heterocycles. The zero-order valence-electron chi connectivity index (χ0n) is 14.9. The van der Waals surface area contributed by atoms with Gasteiger partial charge in [-0.3, -0.25) is 5.32 Å². The molecular formula is C17H17Cl2N5O4S. The van der Waals surface area contributed by atoms with Crippen LogP contribution in [0.3, 0.4) is 0 Å². The van der Waals surface area contributed by atoms with Crippen LogP contribution in [0.15, 0.2) is 41.3 Å². The van der Waals surface area contributed by atoms with Gasteiger partial charge in [-0.2, -0.15) is 0 Å². The lowest BCUT2D eigenvalue weighted by molar-refractivity contribution is 0.244. The minimum atomic E-state index is -3.81. The first kappa shape index (κ1) is 21.3. The van der Waals surface area contributed by atoms with Crippen molar-refractivity contribution in [1.29, 1.82) is 0 Å². The predicted molar refractivity (Wildman–Crippen MR) is 111 cm³/mol. The van der Waals surface area contributed by atoms with Gasteiger partial charge in [0.05, 0.1) is 22.5 Å². The Kier molecular flexibility index (Phi) is 6.60.